The minimum absolute atomic E-state index is 0.158. The Bertz CT molecular complexity index is 666. The first kappa shape index (κ1) is 16.8. The molecule has 0 aliphatic carbocycles. The van der Waals surface area contributed by atoms with E-state index in [0.717, 1.165) is 18.5 Å². The largest absolute Gasteiger partial charge is 0.459 e. The maximum absolute atomic E-state index is 12.1. The molecule has 0 atom stereocenters. The van der Waals surface area contributed by atoms with Gasteiger partial charge in [-0.1, -0.05) is 6.07 Å². The Hall–Kier alpha value is -2.60. The Morgan fingerprint density at radius 2 is 1.96 bits per heavy atom. The first-order valence-electron chi connectivity index (χ1n) is 7.50. The SMILES string of the molecule is CNCCCNC(=O)c1ccc(C)c(NC(=O)c2ccco2)c1. The molecule has 0 aliphatic heterocycles. The van der Waals surface area contributed by atoms with Crippen molar-refractivity contribution in [2.45, 2.75) is 13.3 Å². The van der Waals surface area contributed by atoms with Crippen LogP contribution in [0, 0.1) is 6.92 Å². The van der Waals surface area contributed by atoms with Gasteiger partial charge in [-0.2, -0.15) is 0 Å². The summed E-state index contributed by atoms with van der Waals surface area (Å²) in [5, 5.41) is 8.64. The summed E-state index contributed by atoms with van der Waals surface area (Å²) in [5.41, 5.74) is 1.97. The molecule has 1 aromatic carbocycles. The minimum Gasteiger partial charge on any atom is -0.459 e. The van der Waals surface area contributed by atoms with Crippen molar-refractivity contribution >= 4 is 17.5 Å². The smallest absolute Gasteiger partial charge is 0.291 e. The molecule has 2 rings (SSSR count). The summed E-state index contributed by atoms with van der Waals surface area (Å²) in [6.45, 7) is 3.31. The van der Waals surface area contributed by atoms with Gasteiger partial charge >= 0.3 is 0 Å². The van der Waals surface area contributed by atoms with Crippen molar-refractivity contribution in [3.8, 4) is 0 Å². The van der Waals surface area contributed by atoms with Crippen LogP contribution in [0.4, 0.5) is 5.69 Å². The van der Waals surface area contributed by atoms with Crippen molar-refractivity contribution in [1.82, 2.24) is 10.6 Å². The third-order valence-corrected chi connectivity index (χ3v) is 3.38. The van der Waals surface area contributed by atoms with Crippen LogP contribution in [0.1, 0.15) is 32.9 Å². The zero-order chi connectivity index (χ0) is 16.7. The Kier molecular flexibility index (Phi) is 5.94. The molecule has 23 heavy (non-hydrogen) atoms. The van der Waals surface area contributed by atoms with Gasteiger partial charge in [-0.3, -0.25) is 9.59 Å². The lowest BCUT2D eigenvalue weighted by Crippen LogP contribution is -2.26. The molecule has 0 saturated heterocycles. The van der Waals surface area contributed by atoms with Crippen LogP contribution < -0.4 is 16.0 Å². The van der Waals surface area contributed by atoms with Crippen LogP contribution >= 0.6 is 0 Å². The molecule has 1 aromatic heterocycles. The fourth-order valence-electron chi connectivity index (χ4n) is 2.06. The molecule has 0 saturated carbocycles. The lowest BCUT2D eigenvalue weighted by atomic mass is 10.1. The van der Waals surface area contributed by atoms with Crippen molar-refractivity contribution in [2.24, 2.45) is 0 Å². The highest BCUT2D eigenvalue weighted by molar-refractivity contribution is 6.03. The molecule has 0 radical (unpaired) electrons. The zero-order valence-corrected chi connectivity index (χ0v) is 13.3. The van der Waals surface area contributed by atoms with E-state index >= 15 is 0 Å². The Morgan fingerprint density at radius 3 is 2.65 bits per heavy atom. The summed E-state index contributed by atoms with van der Waals surface area (Å²) in [6, 6.07) is 8.45. The van der Waals surface area contributed by atoms with Crippen molar-refractivity contribution in [3.05, 3.63) is 53.5 Å². The monoisotopic (exact) mass is 315 g/mol. The molecule has 6 nitrogen and oxygen atoms in total. The van der Waals surface area contributed by atoms with Crippen LogP contribution in [-0.2, 0) is 0 Å². The van der Waals surface area contributed by atoms with Gasteiger partial charge in [-0.15, -0.1) is 0 Å². The van der Waals surface area contributed by atoms with Crippen molar-refractivity contribution in [3.63, 3.8) is 0 Å². The Labute approximate surface area is 135 Å². The molecule has 0 aliphatic rings. The molecular weight excluding hydrogens is 294 g/mol. The van der Waals surface area contributed by atoms with E-state index in [4.69, 9.17) is 4.42 Å². The molecular formula is C17H21N3O3. The quantitative estimate of drug-likeness (QED) is 0.684. The first-order chi connectivity index (χ1) is 11.1. The summed E-state index contributed by atoms with van der Waals surface area (Å²) in [6.07, 6.45) is 2.30. The van der Waals surface area contributed by atoms with Crippen LogP contribution in [0.25, 0.3) is 0 Å². The average Bonchev–Trinajstić information content (AvgIpc) is 3.08. The second kappa shape index (κ2) is 8.14. The average molecular weight is 315 g/mol. The summed E-state index contributed by atoms with van der Waals surface area (Å²) in [5.74, 6) is -0.273. The van der Waals surface area contributed by atoms with E-state index in [-0.39, 0.29) is 17.6 Å². The normalized spacial score (nSPS) is 10.3. The molecule has 6 heteroatoms. The predicted octanol–water partition coefficient (Wildman–Crippen LogP) is 2.18. The number of nitrogens with one attached hydrogen (secondary N) is 3. The first-order valence-corrected chi connectivity index (χ1v) is 7.50. The van der Waals surface area contributed by atoms with E-state index in [1.165, 1.54) is 6.26 Å². The minimum atomic E-state index is -0.343. The van der Waals surface area contributed by atoms with Gasteiger partial charge in [-0.05, 0) is 56.8 Å². The third-order valence-electron chi connectivity index (χ3n) is 3.38. The molecule has 2 aromatic rings. The van der Waals surface area contributed by atoms with Gasteiger partial charge in [0.05, 0.1) is 6.26 Å². The molecule has 2 amide bonds. The molecule has 122 valence electrons. The highest BCUT2D eigenvalue weighted by Gasteiger charge is 2.12. The number of aryl methyl sites for hydroxylation is 1. The number of hydrogen-bond acceptors (Lipinski definition) is 4. The number of benzene rings is 1. The second-order valence-corrected chi connectivity index (χ2v) is 5.17. The number of anilines is 1. The lowest BCUT2D eigenvalue weighted by molar-refractivity contribution is 0.0951. The lowest BCUT2D eigenvalue weighted by Gasteiger charge is -2.10. The van der Waals surface area contributed by atoms with E-state index in [9.17, 15) is 9.59 Å². The van der Waals surface area contributed by atoms with Crippen molar-refractivity contribution < 1.29 is 14.0 Å². The molecule has 0 unspecified atom stereocenters. The second-order valence-electron chi connectivity index (χ2n) is 5.17. The van der Waals surface area contributed by atoms with Crippen LogP contribution in [-0.4, -0.2) is 32.0 Å². The van der Waals surface area contributed by atoms with Gasteiger partial charge < -0.3 is 20.4 Å². The van der Waals surface area contributed by atoms with Crippen molar-refractivity contribution in [2.75, 3.05) is 25.5 Å². The van der Waals surface area contributed by atoms with Crippen LogP contribution in [0.5, 0.6) is 0 Å². The van der Waals surface area contributed by atoms with E-state index in [2.05, 4.69) is 16.0 Å². The fourth-order valence-corrected chi connectivity index (χ4v) is 2.06. The number of carbonyl (C=O) groups is 2. The molecule has 1 heterocycles. The van der Waals surface area contributed by atoms with Gasteiger partial charge in [-0.25, -0.2) is 0 Å². The molecule has 0 fully saturated rings. The van der Waals surface area contributed by atoms with Gasteiger partial charge in [0.2, 0.25) is 0 Å². The maximum Gasteiger partial charge on any atom is 0.291 e. The fraction of sp³-hybridized carbons (Fsp3) is 0.294. The Morgan fingerprint density at radius 1 is 1.13 bits per heavy atom. The van der Waals surface area contributed by atoms with Crippen LogP contribution in [0.15, 0.2) is 41.0 Å². The third kappa shape index (κ3) is 4.69. The summed E-state index contributed by atoms with van der Waals surface area (Å²) in [7, 11) is 1.87. The molecule has 0 bridgehead atoms. The highest BCUT2D eigenvalue weighted by Crippen LogP contribution is 2.18. The number of furan rings is 1. The molecule has 0 spiro atoms. The standard InChI is InChI=1S/C17H21N3O3/c1-12-6-7-13(16(21)19-9-4-8-18-2)11-14(12)20-17(22)15-5-3-10-23-15/h3,5-7,10-11,18H,4,8-9H2,1-2H3,(H,19,21)(H,20,22). The van der Waals surface area contributed by atoms with E-state index < -0.39 is 0 Å². The van der Waals surface area contributed by atoms with Gasteiger partial charge in [0.15, 0.2) is 5.76 Å². The van der Waals surface area contributed by atoms with Gasteiger partial charge in [0.1, 0.15) is 0 Å². The Balaban J connectivity index is 2.03. The topological polar surface area (TPSA) is 83.4 Å². The molecule has 3 N–H and O–H groups in total. The number of rotatable bonds is 7. The zero-order valence-electron chi connectivity index (χ0n) is 13.3. The summed E-state index contributed by atoms with van der Waals surface area (Å²) >= 11 is 0. The van der Waals surface area contributed by atoms with Gasteiger partial charge in [0, 0.05) is 17.8 Å². The summed E-state index contributed by atoms with van der Waals surface area (Å²) < 4.78 is 5.06. The van der Waals surface area contributed by atoms with Gasteiger partial charge in [0.25, 0.3) is 11.8 Å². The van der Waals surface area contributed by atoms with E-state index in [0.29, 0.717) is 17.8 Å². The predicted molar refractivity (Wildman–Crippen MR) is 88.7 cm³/mol. The van der Waals surface area contributed by atoms with Crippen molar-refractivity contribution in [1.29, 1.82) is 0 Å². The number of hydrogen-bond donors (Lipinski definition) is 3. The number of carbonyl (C=O) groups excluding carboxylic acids is 2. The number of amides is 2. The maximum atomic E-state index is 12.1. The van der Waals surface area contributed by atoms with Crippen LogP contribution in [0.3, 0.4) is 0 Å². The van der Waals surface area contributed by atoms with E-state index in [1.807, 2.05) is 14.0 Å². The highest BCUT2D eigenvalue weighted by atomic mass is 16.3. The van der Waals surface area contributed by atoms with E-state index in [1.54, 1.807) is 30.3 Å². The summed E-state index contributed by atoms with van der Waals surface area (Å²) in [4.78, 5) is 24.2. The van der Waals surface area contributed by atoms with Crippen LogP contribution in [0.2, 0.25) is 0 Å².